The lowest BCUT2D eigenvalue weighted by Gasteiger charge is -2.10. The van der Waals surface area contributed by atoms with Crippen molar-refractivity contribution in [1.82, 2.24) is 0 Å². The Hall–Kier alpha value is -0.980. The highest BCUT2D eigenvalue weighted by atomic mass is 16.5. The first kappa shape index (κ1) is 13.0. The van der Waals surface area contributed by atoms with Crippen molar-refractivity contribution in [2.24, 2.45) is 0 Å². The molecule has 0 aliphatic heterocycles. The normalized spacial score (nSPS) is 9.36. The van der Waals surface area contributed by atoms with Gasteiger partial charge in [0.1, 0.15) is 5.75 Å². The van der Waals surface area contributed by atoms with Crippen LogP contribution >= 0.6 is 0 Å². The predicted molar refractivity (Wildman–Crippen MR) is 63.0 cm³/mol. The predicted octanol–water partition coefficient (Wildman–Crippen LogP) is 4.12. The Morgan fingerprint density at radius 2 is 1.36 bits per heavy atom. The van der Waals surface area contributed by atoms with E-state index in [-0.39, 0.29) is 6.10 Å². The van der Waals surface area contributed by atoms with Crippen LogP contribution in [0.4, 0.5) is 0 Å². The van der Waals surface area contributed by atoms with Crippen molar-refractivity contribution in [3.8, 4) is 5.75 Å². The summed E-state index contributed by atoms with van der Waals surface area (Å²) >= 11 is 0. The van der Waals surface area contributed by atoms with Gasteiger partial charge in [0.25, 0.3) is 0 Å². The van der Waals surface area contributed by atoms with Gasteiger partial charge in [-0.2, -0.15) is 0 Å². The van der Waals surface area contributed by atoms with Crippen molar-refractivity contribution in [1.29, 1.82) is 0 Å². The highest BCUT2D eigenvalue weighted by molar-refractivity contribution is 5.33. The summed E-state index contributed by atoms with van der Waals surface area (Å²) in [5.41, 5.74) is 2.51. The van der Waals surface area contributed by atoms with Crippen LogP contribution in [0, 0.1) is 13.8 Å². The van der Waals surface area contributed by atoms with E-state index in [1.165, 1.54) is 11.1 Å². The summed E-state index contributed by atoms with van der Waals surface area (Å²) in [6.07, 6.45) is 0.256. The van der Waals surface area contributed by atoms with E-state index >= 15 is 0 Å². The van der Waals surface area contributed by atoms with Gasteiger partial charge in [0.2, 0.25) is 0 Å². The number of hydrogen-bond donors (Lipinski definition) is 0. The molecule has 0 atom stereocenters. The third kappa shape index (κ3) is 4.90. The maximum Gasteiger partial charge on any atom is 0.120 e. The molecule has 0 amide bonds. The zero-order chi connectivity index (χ0) is 11.1. The monoisotopic (exact) mass is 194 g/mol. The van der Waals surface area contributed by atoms with E-state index in [4.69, 9.17) is 4.74 Å². The van der Waals surface area contributed by atoms with E-state index < -0.39 is 0 Å². The lowest BCUT2D eigenvalue weighted by Crippen LogP contribution is -2.05. The maximum atomic E-state index is 5.58. The van der Waals surface area contributed by atoms with E-state index in [1.54, 1.807) is 0 Å². The number of aryl methyl sites for hydroxylation is 2. The molecule has 1 aromatic rings. The number of hydrogen-bond acceptors (Lipinski definition) is 1. The van der Waals surface area contributed by atoms with Crippen molar-refractivity contribution < 1.29 is 4.74 Å². The molecular weight excluding hydrogens is 172 g/mol. The van der Waals surface area contributed by atoms with E-state index in [0.717, 1.165) is 5.75 Å². The zero-order valence-electron chi connectivity index (χ0n) is 10.2. The molecule has 14 heavy (non-hydrogen) atoms. The molecule has 1 rings (SSSR count). The molecule has 0 fully saturated rings. The quantitative estimate of drug-likeness (QED) is 0.688. The second-order valence-electron chi connectivity index (χ2n) is 3.49. The molecule has 1 nitrogen and oxygen atoms in total. The van der Waals surface area contributed by atoms with Crippen molar-refractivity contribution in [2.45, 2.75) is 47.6 Å². The van der Waals surface area contributed by atoms with E-state index in [0.29, 0.717) is 0 Å². The van der Waals surface area contributed by atoms with E-state index in [2.05, 4.69) is 32.0 Å². The van der Waals surface area contributed by atoms with Crippen LogP contribution < -0.4 is 4.74 Å². The topological polar surface area (TPSA) is 9.23 Å². The second kappa shape index (κ2) is 6.47. The fourth-order valence-electron chi connectivity index (χ4n) is 1.27. The van der Waals surface area contributed by atoms with Crippen LogP contribution in [0.3, 0.4) is 0 Å². The van der Waals surface area contributed by atoms with Crippen LogP contribution in [0.15, 0.2) is 18.2 Å². The van der Waals surface area contributed by atoms with Gasteiger partial charge in [0.05, 0.1) is 6.10 Å². The fraction of sp³-hybridized carbons (Fsp3) is 0.538. The Morgan fingerprint density at radius 1 is 0.929 bits per heavy atom. The van der Waals surface area contributed by atoms with Gasteiger partial charge in [0.15, 0.2) is 0 Å². The molecule has 0 aliphatic rings. The van der Waals surface area contributed by atoms with E-state index in [1.807, 2.05) is 27.7 Å². The number of rotatable bonds is 2. The van der Waals surface area contributed by atoms with Crippen molar-refractivity contribution in [3.05, 3.63) is 29.3 Å². The lowest BCUT2D eigenvalue weighted by atomic mass is 10.1. The SMILES string of the molecule is CC.Cc1cc(C)cc(OC(C)C)c1. The third-order valence-corrected chi connectivity index (χ3v) is 1.57. The van der Waals surface area contributed by atoms with Gasteiger partial charge in [-0.3, -0.25) is 0 Å². The summed E-state index contributed by atoms with van der Waals surface area (Å²) in [4.78, 5) is 0. The third-order valence-electron chi connectivity index (χ3n) is 1.57. The molecule has 1 heteroatoms. The highest BCUT2D eigenvalue weighted by Crippen LogP contribution is 2.17. The minimum Gasteiger partial charge on any atom is -0.491 e. The molecule has 0 aromatic heterocycles. The molecule has 0 spiro atoms. The minimum absolute atomic E-state index is 0.256. The van der Waals surface area contributed by atoms with Gasteiger partial charge in [-0.25, -0.2) is 0 Å². The smallest absolute Gasteiger partial charge is 0.120 e. The molecule has 0 heterocycles. The van der Waals surface area contributed by atoms with Gasteiger partial charge in [0, 0.05) is 0 Å². The standard InChI is InChI=1S/C11H16O.C2H6/c1-8(2)12-11-6-9(3)5-10(4)7-11;1-2/h5-8H,1-4H3;1-2H3. The van der Waals surface area contributed by atoms with Gasteiger partial charge in [-0.1, -0.05) is 19.9 Å². The highest BCUT2D eigenvalue weighted by Gasteiger charge is 1.98. The lowest BCUT2D eigenvalue weighted by molar-refractivity contribution is 0.242. The summed E-state index contributed by atoms with van der Waals surface area (Å²) in [5.74, 6) is 0.975. The van der Waals surface area contributed by atoms with Gasteiger partial charge in [-0.15, -0.1) is 0 Å². The Bertz CT molecular complexity index is 244. The van der Waals surface area contributed by atoms with Crippen LogP contribution in [0.5, 0.6) is 5.75 Å². The fourth-order valence-corrected chi connectivity index (χ4v) is 1.27. The van der Waals surface area contributed by atoms with Crippen LogP contribution in [0.1, 0.15) is 38.8 Å². The molecule has 80 valence electrons. The van der Waals surface area contributed by atoms with Crippen LogP contribution in [-0.4, -0.2) is 6.10 Å². The molecule has 0 bridgehead atoms. The van der Waals surface area contributed by atoms with Crippen molar-refractivity contribution in [2.75, 3.05) is 0 Å². The number of benzene rings is 1. The molecule has 0 radical (unpaired) electrons. The molecular formula is C13H22O. The first-order valence-corrected chi connectivity index (χ1v) is 5.33. The summed E-state index contributed by atoms with van der Waals surface area (Å²) in [7, 11) is 0. The van der Waals surface area contributed by atoms with Gasteiger partial charge in [-0.05, 0) is 51.0 Å². The molecule has 1 aromatic carbocycles. The molecule has 0 N–H and O–H groups in total. The summed E-state index contributed by atoms with van der Waals surface area (Å²) in [5, 5.41) is 0. The van der Waals surface area contributed by atoms with Crippen LogP contribution in [0.25, 0.3) is 0 Å². The Labute approximate surface area is 88.1 Å². The molecule has 0 aliphatic carbocycles. The Kier molecular flexibility index (Phi) is 6.02. The first-order valence-electron chi connectivity index (χ1n) is 5.33. The second-order valence-corrected chi connectivity index (χ2v) is 3.49. The minimum atomic E-state index is 0.256. The average Bonchev–Trinajstić information content (AvgIpc) is 2.04. The summed E-state index contributed by atoms with van der Waals surface area (Å²) in [6.45, 7) is 12.2. The van der Waals surface area contributed by atoms with Crippen molar-refractivity contribution >= 4 is 0 Å². The largest absolute Gasteiger partial charge is 0.491 e. The Balaban J connectivity index is 0.000000791. The van der Waals surface area contributed by atoms with E-state index in [9.17, 15) is 0 Å². The first-order chi connectivity index (χ1) is 6.58. The van der Waals surface area contributed by atoms with Crippen molar-refractivity contribution in [3.63, 3.8) is 0 Å². The number of ether oxygens (including phenoxy) is 1. The zero-order valence-corrected chi connectivity index (χ0v) is 10.2. The maximum absolute atomic E-state index is 5.58. The molecule has 0 saturated carbocycles. The van der Waals surface area contributed by atoms with Gasteiger partial charge < -0.3 is 4.74 Å². The molecule has 0 unspecified atom stereocenters. The average molecular weight is 194 g/mol. The van der Waals surface area contributed by atoms with Gasteiger partial charge >= 0.3 is 0 Å². The van der Waals surface area contributed by atoms with Crippen LogP contribution in [-0.2, 0) is 0 Å². The summed E-state index contributed by atoms with van der Waals surface area (Å²) < 4.78 is 5.58. The van der Waals surface area contributed by atoms with Crippen LogP contribution in [0.2, 0.25) is 0 Å². The Morgan fingerprint density at radius 3 is 1.71 bits per heavy atom. The summed E-state index contributed by atoms with van der Waals surface area (Å²) in [6, 6.07) is 6.27. The molecule has 0 saturated heterocycles.